The van der Waals surface area contributed by atoms with E-state index in [1.165, 1.54) is 17.0 Å². The van der Waals surface area contributed by atoms with Crippen molar-refractivity contribution < 1.29 is 19.1 Å². The van der Waals surface area contributed by atoms with Crippen molar-refractivity contribution in [3.63, 3.8) is 0 Å². The monoisotopic (exact) mass is 356 g/mol. The maximum Gasteiger partial charge on any atom is 0.242 e. The van der Waals surface area contributed by atoms with Gasteiger partial charge in [0, 0.05) is 19.6 Å². The van der Waals surface area contributed by atoms with Gasteiger partial charge in [0.1, 0.15) is 5.82 Å². The first-order chi connectivity index (χ1) is 12.5. The van der Waals surface area contributed by atoms with Crippen molar-refractivity contribution in [2.75, 3.05) is 19.6 Å². The number of carbonyl (C=O) groups excluding carboxylic acids is 2. The third-order valence-corrected chi connectivity index (χ3v) is 4.49. The highest BCUT2D eigenvalue weighted by Gasteiger charge is 2.28. The Morgan fingerprint density at radius 2 is 1.88 bits per heavy atom. The van der Waals surface area contributed by atoms with Gasteiger partial charge in [-0.25, -0.2) is 4.39 Å². The van der Waals surface area contributed by atoms with E-state index in [-0.39, 0.29) is 30.6 Å². The molecule has 1 N–H and O–H groups in total. The Balaban J connectivity index is 1.54. The van der Waals surface area contributed by atoms with Crippen molar-refractivity contribution in [1.29, 1.82) is 0 Å². The molecule has 0 aliphatic carbocycles. The predicted octanol–water partition coefficient (Wildman–Crippen LogP) is 2.12. The van der Waals surface area contributed by atoms with Gasteiger partial charge in [0.2, 0.25) is 11.8 Å². The molecule has 1 atom stereocenters. The van der Waals surface area contributed by atoms with Crippen LogP contribution in [0.4, 0.5) is 4.39 Å². The SMILES string of the molecule is O=C(CC(O)c1ccccc1)N1CCN(Cc2cccc(F)c2)C(=O)C1. The Morgan fingerprint density at radius 3 is 2.58 bits per heavy atom. The maximum absolute atomic E-state index is 13.3. The summed E-state index contributed by atoms with van der Waals surface area (Å²) in [5.74, 6) is -0.762. The lowest BCUT2D eigenvalue weighted by molar-refractivity contribution is -0.146. The van der Waals surface area contributed by atoms with Crippen molar-refractivity contribution in [3.8, 4) is 0 Å². The van der Waals surface area contributed by atoms with Gasteiger partial charge >= 0.3 is 0 Å². The zero-order chi connectivity index (χ0) is 18.5. The Morgan fingerprint density at radius 1 is 1.12 bits per heavy atom. The average Bonchev–Trinajstić information content (AvgIpc) is 2.64. The van der Waals surface area contributed by atoms with Crippen molar-refractivity contribution in [2.24, 2.45) is 0 Å². The van der Waals surface area contributed by atoms with Crippen LogP contribution in [0, 0.1) is 5.82 Å². The highest BCUT2D eigenvalue weighted by Crippen LogP contribution is 2.18. The summed E-state index contributed by atoms with van der Waals surface area (Å²) in [6, 6.07) is 15.1. The van der Waals surface area contributed by atoms with E-state index in [1.54, 1.807) is 41.3 Å². The van der Waals surface area contributed by atoms with Crippen LogP contribution in [0.2, 0.25) is 0 Å². The first-order valence-electron chi connectivity index (χ1n) is 8.56. The molecule has 0 aromatic heterocycles. The van der Waals surface area contributed by atoms with Gasteiger partial charge in [0.05, 0.1) is 19.1 Å². The van der Waals surface area contributed by atoms with Crippen molar-refractivity contribution >= 4 is 11.8 Å². The fraction of sp³-hybridized carbons (Fsp3) is 0.300. The lowest BCUT2D eigenvalue weighted by Crippen LogP contribution is -2.52. The molecular weight excluding hydrogens is 335 g/mol. The smallest absolute Gasteiger partial charge is 0.242 e. The number of hydrogen-bond donors (Lipinski definition) is 1. The van der Waals surface area contributed by atoms with E-state index in [0.29, 0.717) is 25.2 Å². The lowest BCUT2D eigenvalue weighted by Gasteiger charge is -2.34. The van der Waals surface area contributed by atoms with E-state index in [2.05, 4.69) is 0 Å². The van der Waals surface area contributed by atoms with Gasteiger partial charge in [-0.15, -0.1) is 0 Å². The summed E-state index contributed by atoms with van der Waals surface area (Å²) < 4.78 is 13.3. The van der Waals surface area contributed by atoms with Gasteiger partial charge in [-0.2, -0.15) is 0 Å². The zero-order valence-electron chi connectivity index (χ0n) is 14.3. The highest BCUT2D eigenvalue weighted by atomic mass is 19.1. The molecule has 26 heavy (non-hydrogen) atoms. The molecule has 1 heterocycles. The van der Waals surface area contributed by atoms with Gasteiger partial charge in [-0.05, 0) is 23.3 Å². The highest BCUT2D eigenvalue weighted by molar-refractivity contribution is 5.86. The summed E-state index contributed by atoms with van der Waals surface area (Å²) in [7, 11) is 0. The number of nitrogens with zero attached hydrogens (tertiary/aromatic N) is 2. The van der Waals surface area contributed by atoms with Gasteiger partial charge in [-0.3, -0.25) is 9.59 Å². The molecule has 1 fully saturated rings. The minimum atomic E-state index is -0.885. The summed E-state index contributed by atoms with van der Waals surface area (Å²) in [6.45, 7) is 1.10. The minimum absolute atomic E-state index is 0.0182. The third-order valence-electron chi connectivity index (χ3n) is 4.49. The van der Waals surface area contributed by atoms with E-state index in [0.717, 1.165) is 5.56 Å². The van der Waals surface area contributed by atoms with Crippen LogP contribution in [0.3, 0.4) is 0 Å². The van der Waals surface area contributed by atoms with Crippen LogP contribution in [0.1, 0.15) is 23.7 Å². The van der Waals surface area contributed by atoms with Gasteiger partial charge in [0.15, 0.2) is 0 Å². The lowest BCUT2D eigenvalue weighted by atomic mass is 10.1. The molecule has 2 aromatic carbocycles. The second-order valence-corrected chi connectivity index (χ2v) is 6.39. The van der Waals surface area contributed by atoms with Crippen LogP contribution in [-0.4, -0.2) is 46.4 Å². The second-order valence-electron chi connectivity index (χ2n) is 6.39. The van der Waals surface area contributed by atoms with Crippen molar-refractivity contribution in [2.45, 2.75) is 19.1 Å². The molecule has 0 saturated carbocycles. The van der Waals surface area contributed by atoms with Crippen LogP contribution in [0.5, 0.6) is 0 Å². The molecule has 3 rings (SSSR count). The number of rotatable bonds is 5. The Hall–Kier alpha value is -2.73. The quantitative estimate of drug-likeness (QED) is 0.893. The molecule has 5 nitrogen and oxygen atoms in total. The van der Waals surface area contributed by atoms with E-state index in [4.69, 9.17) is 0 Å². The molecule has 0 bridgehead atoms. The largest absolute Gasteiger partial charge is 0.388 e. The van der Waals surface area contributed by atoms with E-state index in [9.17, 15) is 19.1 Å². The molecular formula is C20H21FN2O3. The standard InChI is InChI=1S/C20H21FN2O3/c21-17-8-4-5-15(11-17)13-22-9-10-23(14-20(22)26)19(25)12-18(24)16-6-2-1-3-7-16/h1-8,11,18,24H,9-10,12-14H2. The number of aliphatic hydroxyl groups excluding tert-OH is 1. The number of piperazine rings is 1. The summed E-state index contributed by atoms with van der Waals surface area (Å²) >= 11 is 0. The predicted molar refractivity (Wildman–Crippen MR) is 94.4 cm³/mol. The Labute approximate surface area is 151 Å². The second kappa shape index (κ2) is 8.10. The molecule has 2 aromatic rings. The number of aliphatic hydroxyl groups is 1. The van der Waals surface area contributed by atoms with E-state index < -0.39 is 6.10 Å². The summed E-state index contributed by atoms with van der Waals surface area (Å²) in [6.07, 6.45) is -0.939. The van der Waals surface area contributed by atoms with Crippen LogP contribution >= 0.6 is 0 Å². The first-order valence-corrected chi connectivity index (χ1v) is 8.56. The molecule has 6 heteroatoms. The molecule has 0 spiro atoms. The fourth-order valence-electron chi connectivity index (χ4n) is 3.03. The van der Waals surface area contributed by atoms with Crippen LogP contribution in [-0.2, 0) is 16.1 Å². The summed E-state index contributed by atoms with van der Waals surface area (Å²) in [5, 5.41) is 10.2. The number of benzene rings is 2. The Kier molecular flexibility index (Phi) is 5.63. The fourth-order valence-corrected chi connectivity index (χ4v) is 3.03. The van der Waals surface area contributed by atoms with Gasteiger partial charge < -0.3 is 14.9 Å². The molecule has 1 saturated heterocycles. The molecule has 1 aliphatic heterocycles. The van der Waals surface area contributed by atoms with Gasteiger partial charge in [0.25, 0.3) is 0 Å². The van der Waals surface area contributed by atoms with Crippen molar-refractivity contribution in [3.05, 3.63) is 71.5 Å². The molecule has 2 amide bonds. The number of halogens is 1. The van der Waals surface area contributed by atoms with Crippen LogP contribution < -0.4 is 0 Å². The normalized spacial score (nSPS) is 15.8. The number of amides is 2. The van der Waals surface area contributed by atoms with E-state index >= 15 is 0 Å². The number of hydrogen-bond acceptors (Lipinski definition) is 3. The Bertz CT molecular complexity index is 782. The van der Waals surface area contributed by atoms with Gasteiger partial charge in [-0.1, -0.05) is 42.5 Å². The average molecular weight is 356 g/mol. The van der Waals surface area contributed by atoms with Crippen LogP contribution in [0.15, 0.2) is 54.6 Å². The summed E-state index contributed by atoms with van der Waals surface area (Å²) in [5.41, 5.74) is 1.40. The maximum atomic E-state index is 13.3. The molecule has 1 unspecified atom stereocenters. The minimum Gasteiger partial charge on any atom is -0.388 e. The first kappa shape index (κ1) is 18.1. The van der Waals surface area contributed by atoms with Crippen molar-refractivity contribution in [1.82, 2.24) is 9.80 Å². The topological polar surface area (TPSA) is 60.9 Å². The third kappa shape index (κ3) is 4.46. The zero-order valence-corrected chi connectivity index (χ0v) is 14.3. The van der Waals surface area contributed by atoms with E-state index in [1.807, 2.05) is 6.07 Å². The molecule has 0 radical (unpaired) electrons. The number of carbonyl (C=O) groups is 2. The molecule has 136 valence electrons. The molecule has 1 aliphatic rings. The van der Waals surface area contributed by atoms with Crippen LogP contribution in [0.25, 0.3) is 0 Å². The summed E-state index contributed by atoms with van der Waals surface area (Å²) in [4.78, 5) is 27.8.